The Kier molecular flexibility index (Phi) is 4.60. The lowest BCUT2D eigenvalue weighted by atomic mass is 9.94. The maximum Gasteiger partial charge on any atom is 0.330 e. The number of nitrogens with one attached hydrogen (secondary N) is 1. The van der Waals surface area contributed by atoms with Crippen LogP contribution in [0, 0.1) is 0 Å². The molecule has 0 aromatic carbocycles. The highest BCUT2D eigenvalue weighted by atomic mass is 28.4. The molecule has 0 saturated carbocycles. The number of aromatic nitrogens is 2. The molecule has 1 aromatic heterocycles. The summed E-state index contributed by atoms with van der Waals surface area (Å²) in [6, 6.07) is 1.26. The Morgan fingerprint density at radius 2 is 2.08 bits per heavy atom. The van der Waals surface area contributed by atoms with Gasteiger partial charge in [0.1, 0.15) is 17.8 Å². The third-order valence-corrected chi connectivity index (χ3v) is 10.4. The first kappa shape index (κ1) is 19.5. The minimum absolute atomic E-state index is 0.0285. The average molecular weight is 385 g/mol. The van der Waals surface area contributed by atoms with Crippen LogP contribution in [0.3, 0.4) is 0 Å². The third-order valence-electron chi connectivity index (χ3n) is 5.96. The number of fused-ring (bicyclic) bond motifs is 2. The van der Waals surface area contributed by atoms with Crippen LogP contribution in [0.2, 0.25) is 18.1 Å². The molecule has 8 nitrogen and oxygen atoms in total. The molecule has 3 rings (SSSR count). The Morgan fingerprint density at radius 3 is 2.62 bits per heavy atom. The number of hydrogen-bond donors (Lipinski definition) is 2. The van der Waals surface area contributed by atoms with Gasteiger partial charge in [-0.25, -0.2) is 4.79 Å². The number of hydrogen-bond acceptors (Lipinski definition) is 6. The highest BCUT2D eigenvalue weighted by Gasteiger charge is 2.66. The number of rotatable bonds is 4. The van der Waals surface area contributed by atoms with E-state index in [1.54, 1.807) is 6.92 Å². The number of aromatic amines is 1. The maximum atomic E-state index is 12.2. The van der Waals surface area contributed by atoms with Gasteiger partial charge in [0.05, 0.1) is 12.7 Å². The van der Waals surface area contributed by atoms with Crippen LogP contribution < -0.4 is 11.2 Å². The van der Waals surface area contributed by atoms with E-state index >= 15 is 0 Å². The summed E-state index contributed by atoms with van der Waals surface area (Å²) in [5.74, 6) is 0. The molecule has 2 aliphatic heterocycles. The fourth-order valence-corrected chi connectivity index (χ4v) is 4.58. The van der Waals surface area contributed by atoms with Crippen molar-refractivity contribution in [2.45, 2.75) is 76.0 Å². The number of H-pyrrole nitrogens is 1. The molecule has 2 saturated heterocycles. The largest absolute Gasteiger partial charge is 0.408 e. The quantitative estimate of drug-likeness (QED) is 0.750. The second-order valence-corrected chi connectivity index (χ2v) is 13.5. The van der Waals surface area contributed by atoms with Crippen molar-refractivity contribution in [2.75, 3.05) is 6.61 Å². The fourth-order valence-electron chi connectivity index (χ4n) is 3.26. The summed E-state index contributed by atoms with van der Waals surface area (Å²) >= 11 is 0. The van der Waals surface area contributed by atoms with Gasteiger partial charge in [-0.1, -0.05) is 20.8 Å². The molecule has 0 amide bonds. The molecule has 146 valence electrons. The van der Waals surface area contributed by atoms with E-state index in [9.17, 15) is 14.7 Å². The van der Waals surface area contributed by atoms with Crippen LogP contribution in [-0.2, 0) is 13.9 Å². The monoisotopic (exact) mass is 384 g/mol. The molecule has 0 radical (unpaired) electrons. The predicted molar refractivity (Wildman–Crippen MR) is 97.7 cm³/mol. The molecule has 2 bridgehead atoms. The molecule has 0 aliphatic carbocycles. The normalized spacial score (nSPS) is 32.8. The zero-order chi connectivity index (χ0) is 19.5. The summed E-state index contributed by atoms with van der Waals surface area (Å²) in [6.45, 7) is 12.5. The molecule has 0 spiro atoms. The lowest BCUT2D eigenvalue weighted by Gasteiger charge is -2.41. The molecule has 0 unspecified atom stereocenters. The van der Waals surface area contributed by atoms with Crippen molar-refractivity contribution in [3.05, 3.63) is 33.1 Å². The van der Waals surface area contributed by atoms with Crippen LogP contribution in [0.15, 0.2) is 21.9 Å². The minimum Gasteiger partial charge on any atom is -0.408 e. The lowest BCUT2D eigenvalue weighted by molar-refractivity contribution is -0.206. The van der Waals surface area contributed by atoms with Crippen LogP contribution in [-0.4, -0.2) is 53.5 Å². The number of nitrogens with zero attached hydrogens (tertiary/aromatic N) is 1. The molecule has 2 N–H and O–H groups in total. The Morgan fingerprint density at radius 1 is 1.42 bits per heavy atom. The van der Waals surface area contributed by atoms with E-state index in [-0.39, 0.29) is 11.6 Å². The number of ether oxygens (including phenoxy) is 2. The first-order valence-corrected chi connectivity index (χ1v) is 11.8. The van der Waals surface area contributed by atoms with Gasteiger partial charge in [0.25, 0.3) is 5.56 Å². The van der Waals surface area contributed by atoms with Gasteiger partial charge in [0.2, 0.25) is 0 Å². The number of aliphatic hydroxyl groups excluding tert-OH is 1. The molecule has 2 fully saturated rings. The fraction of sp³-hybridized carbons (Fsp3) is 0.765. The van der Waals surface area contributed by atoms with Crippen LogP contribution >= 0.6 is 0 Å². The van der Waals surface area contributed by atoms with Crippen LogP contribution in [0.4, 0.5) is 0 Å². The number of aliphatic hydroxyl groups is 1. The SMILES string of the molecule is C[C@H](O)[C@@]12CO[C@@H]([C@H](n3ccc(=O)[nH]c3=O)O1)[C@@H]2O[Si](C)(C)C(C)(C)C. The smallest absolute Gasteiger partial charge is 0.330 e. The molecule has 2 aliphatic rings. The molecule has 1 aromatic rings. The van der Waals surface area contributed by atoms with E-state index in [4.69, 9.17) is 13.9 Å². The first-order valence-electron chi connectivity index (χ1n) is 8.86. The van der Waals surface area contributed by atoms with Gasteiger partial charge < -0.3 is 19.0 Å². The van der Waals surface area contributed by atoms with E-state index in [0.29, 0.717) is 0 Å². The van der Waals surface area contributed by atoms with Gasteiger partial charge in [0.15, 0.2) is 14.5 Å². The van der Waals surface area contributed by atoms with Gasteiger partial charge in [0, 0.05) is 12.3 Å². The predicted octanol–water partition coefficient (Wildman–Crippen LogP) is 0.974. The second kappa shape index (κ2) is 6.13. The third kappa shape index (κ3) is 2.91. The van der Waals surface area contributed by atoms with Crippen LogP contribution in [0.5, 0.6) is 0 Å². The molecule has 3 heterocycles. The highest BCUT2D eigenvalue weighted by Crippen LogP contribution is 2.50. The van der Waals surface area contributed by atoms with Crippen molar-refractivity contribution < 1.29 is 19.0 Å². The summed E-state index contributed by atoms with van der Waals surface area (Å²) in [5.41, 5.74) is -2.10. The van der Waals surface area contributed by atoms with E-state index in [0.717, 1.165) is 0 Å². The first-order chi connectivity index (χ1) is 11.9. The maximum absolute atomic E-state index is 12.2. The summed E-state index contributed by atoms with van der Waals surface area (Å²) in [6.07, 6.45) is -1.26. The van der Waals surface area contributed by atoms with Gasteiger partial charge in [-0.2, -0.15) is 0 Å². The van der Waals surface area contributed by atoms with E-state index in [1.165, 1.54) is 16.8 Å². The standard InChI is InChI=1S/C17H28N2O6Si/c1-10(20)17-9-23-12(13(17)25-26(5,6)16(2,3)4)14(24-17)19-8-7-11(21)18-15(19)22/h7-8,10,12-14,20H,9H2,1-6H3,(H,18,21,22)/t10-,12+,13-,14+,17+/m0/s1. The van der Waals surface area contributed by atoms with Gasteiger partial charge in [-0.05, 0) is 25.1 Å². The average Bonchev–Trinajstić information content (AvgIpc) is 2.99. The van der Waals surface area contributed by atoms with Gasteiger partial charge >= 0.3 is 5.69 Å². The Labute approximate surface area is 153 Å². The Hall–Kier alpha value is -1.26. The van der Waals surface area contributed by atoms with Crippen LogP contribution in [0.1, 0.15) is 33.9 Å². The molecular weight excluding hydrogens is 356 g/mol. The Balaban J connectivity index is 2.00. The Bertz CT molecular complexity index is 795. The van der Waals surface area contributed by atoms with Crippen molar-refractivity contribution in [2.24, 2.45) is 0 Å². The highest BCUT2D eigenvalue weighted by molar-refractivity contribution is 6.74. The van der Waals surface area contributed by atoms with Crippen molar-refractivity contribution in [1.82, 2.24) is 9.55 Å². The molecule has 9 heteroatoms. The summed E-state index contributed by atoms with van der Waals surface area (Å²) in [5, 5.41) is 10.4. The van der Waals surface area contributed by atoms with Crippen molar-refractivity contribution in [1.29, 1.82) is 0 Å². The lowest BCUT2D eigenvalue weighted by Crippen LogP contribution is -2.55. The molecule has 5 atom stereocenters. The molecule has 26 heavy (non-hydrogen) atoms. The molecular formula is C17H28N2O6Si. The van der Waals surface area contributed by atoms with E-state index in [2.05, 4.69) is 38.8 Å². The topological polar surface area (TPSA) is 103 Å². The van der Waals surface area contributed by atoms with Crippen molar-refractivity contribution in [3.8, 4) is 0 Å². The van der Waals surface area contributed by atoms with Crippen molar-refractivity contribution in [3.63, 3.8) is 0 Å². The minimum atomic E-state index is -2.18. The van der Waals surface area contributed by atoms with Gasteiger partial charge in [-0.3, -0.25) is 14.3 Å². The van der Waals surface area contributed by atoms with E-state index in [1.807, 2.05) is 0 Å². The zero-order valence-electron chi connectivity index (χ0n) is 16.1. The van der Waals surface area contributed by atoms with E-state index < -0.39 is 49.7 Å². The van der Waals surface area contributed by atoms with Gasteiger partial charge in [-0.15, -0.1) is 0 Å². The van der Waals surface area contributed by atoms with Crippen molar-refractivity contribution >= 4 is 8.32 Å². The summed E-state index contributed by atoms with van der Waals surface area (Å²) < 4.78 is 19.9. The van der Waals surface area contributed by atoms with Crippen LogP contribution in [0.25, 0.3) is 0 Å². The second-order valence-electron chi connectivity index (χ2n) is 8.73. The summed E-state index contributed by atoms with van der Waals surface area (Å²) in [7, 11) is -2.18. The zero-order valence-corrected chi connectivity index (χ0v) is 17.1. The summed E-state index contributed by atoms with van der Waals surface area (Å²) in [4.78, 5) is 25.8.